The lowest BCUT2D eigenvalue weighted by atomic mass is 10.0. The first-order valence-electron chi connectivity index (χ1n) is 5.43. The molecule has 0 saturated carbocycles. The number of nitrogens with two attached hydrogens (primary N) is 1. The highest BCUT2D eigenvalue weighted by Gasteiger charge is 2.26. The second kappa shape index (κ2) is 4.28. The maximum absolute atomic E-state index is 5.89. The number of aromatic nitrogens is 2. The minimum atomic E-state index is 0.284. The van der Waals surface area contributed by atoms with Crippen molar-refractivity contribution in [2.75, 3.05) is 13.1 Å². The number of nitrogens with zero attached hydrogens (tertiary/aromatic N) is 3. The minimum absolute atomic E-state index is 0.284. The molecule has 0 spiro atoms. The van der Waals surface area contributed by atoms with Gasteiger partial charge in [0.15, 0.2) is 0 Å². The molecule has 2 atom stereocenters. The third-order valence-electron chi connectivity index (χ3n) is 3.17. The molecule has 2 rings (SSSR count). The van der Waals surface area contributed by atoms with Crippen LogP contribution >= 0.6 is 0 Å². The van der Waals surface area contributed by atoms with Gasteiger partial charge in [-0.05, 0) is 32.7 Å². The van der Waals surface area contributed by atoms with Gasteiger partial charge >= 0.3 is 0 Å². The van der Waals surface area contributed by atoms with E-state index in [1.807, 2.05) is 6.92 Å². The molecule has 0 aliphatic carbocycles. The lowest BCUT2D eigenvalue weighted by Crippen LogP contribution is -2.29. The van der Waals surface area contributed by atoms with E-state index >= 15 is 0 Å². The molecule has 1 saturated heterocycles. The van der Waals surface area contributed by atoms with Crippen LogP contribution in [0.5, 0.6) is 0 Å². The van der Waals surface area contributed by atoms with Crippen molar-refractivity contribution in [2.45, 2.75) is 32.9 Å². The third-order valence-corrected chi connectivity index (χ3v) is 3.17. The zero-order chi connectivity index (χ0) is 10.8. The molecule has 2 heterocycles. The fourth-order valence-electron chi connectivity index (χ4n) is 2.04. The van der Waals surface area contributed by atoms with Crippen molar-refractivity contribution in [1.82, 2.24) is 15.2 Å². The highest BCUT2D eigenvalue weighted by molar-refractivity contribution is 5.04. The Morgan fingerprint density at radius 1 is 1.60 bits per heavy atom. The molecule has 0 amide bonds. The van der Waals surface area contributed by atoms with Gasteiger partial charge in [0.1, 0.15) is 11.4 Å². The van der Waals surface area contributed by atoms with Crippen molar-refractivity contribution in [2.24, 2.45) is 11.7 Å². The van der Waals surface area contributed by atoms with Crippen molar-refractivity contribution >= 4 is 0 Å². The minimum Gasteiger partial charge on any atom is -0.328 e. The van der Waals surface area contributed by atoms with E-state index in [-0.39, 0.29) is 6.04 Å². The molecule has 5 nitrogen and oxygen atoms in total. The average Bonchev–Trinajstić information content (AvgIpc) is 2.77. The molecule has 1 aromatic rings. The summed E-state index contributed by atoms with van der Waals surface area (Å²) in [5, 5.41) is 7.67. The maximum atomic E-state index is 5.89. The Morgan fingerprint density at radius 3 is 2.93 bits per heavy atom. The second-order valence-electron chi connectivity index (χ2n) is 4.44. The Kier molecular flexibility index (Phi) is 3.02. The number of likely N-dealkylation sites (tertiary alicyclic amines) is 1. The molecule has 84 valence electrons. The van der Waals surface area contributed by atoms with E-state index < -0.39 is 0 Å². The van der Waals surface area contributed by atoms with E-state index in [0.29, 0.717) is 5.92 Å². The summed E-state index contributed by atoms with van der Waals surface area (Å²) in [4.78, 5) is 2.36. The fourth-order valence-corrected chi connectivity index (χ4v) is 2.04. The van der Waals surface area contributed by atoms with E-state index in [4.69, 9.17) is 5.73 Å². The number of hydrogen-bond acceptors (Lipinski definition) is 5. The highest BCUT2D eigenvalue weighted by atomic mass is 16.6. The first kappa shape index (κ1) is 10.6. The van der Waals surface area contributed by atoms with Crippen LogP contribution in [0.1, 0.15) is 24.7 Å². The number of hydrogen-bond donors (Lipinski definition) is 1. The largest absolute Gasteiger partial charge is 0.328 e. The molecule has 0 bridgehead atoms. The Bertz CT molecular complexity index is 323. The maximum Gasteiger partial charge on any atom is 0.122 e. The molecule has 1 aliphatic rings. The van der Waals surface area contributed by atoms with Gasteiger partial charge in [-0.1, -0.05) is 10.3 Å². The third kappa shape index (κ3) is 2.35. The Morgan fingerprint density at radius 2 is 2.40 bits per heavy atom. The molecule has 5 heteroatoms. The van der Waals surface area contributed by atoms with Gasteiger partial charge in [0.25, 0.3) is 0 Å². The van der Waals surface area contributed by atoms with Crippen LogP contribution in [-0.4, -0.2) is 34.3 Å². The van der Waals surface area contributed by atoms with Crippen molar-refractivity contribution in [3.05, 3.63) is 11.4 Å². The smallest absolute Gasteiger partial charge is 0.122 e. The molecule has 2 unspecified atom stereocenters. The quantitative estimate of drug-likeness (QED) is 0.789. The van der Waals surface area contributed by atoms with Crippen LogP contribution in [0.3, 0.4) is 0 Å². The van der Waals surface area contributed by atoms with Gasteiger partial charge < -0.3 is 5.73 Å². The van der Waals surface area contributed by atoms with Gasteiger partial charge in [-0.2, -0.15) is 0 Å². The van der Waals surface area contributed by atoms with Gasteiger partial charge in [-0.3, -0.25) is 4.90 Å². The first-order chi connectivity index (χ1) is 7.16. The summed E-state index contributed by atoms with van der Waals surface area (Å²) in [5.41, 5.74) is 7.72. The standard InChI is InChI=1S/C10H18N4O/c1-7(11)9-3-4-14(5-9)6-10-8(2)12-15-13-10/h7,9H,3-6,11H2,1-2H3. The molecule has 1 aromatic heterocycles. The number of aryl methyl sites for hydroxylation is 1. The summed E-state index contributed by atoms with van der Waals surface area (Å²) in [6.07, 6.45) is 1.18. The van der Waals surface area contributed by atoms with E-state index in [1.54, 1.807) is 0 Å². The lowest BCUT2D eigenvalue weighted by molar-refractivity contribution is 0.276. The molecule has 15 heavy (non-hydrogen) atoms. The van der Waals surface area contributed by atoms with Gasteiger partial charge in [0.05, 0.1) is 0 Å². The molecule has 0 aromatic carbocycles. The molecule has 1 fully saturated rings. The molecule has 2 N–H and O–H groups in total. The van der Waals surface area contributed by atoms with Crippen LogP contribution in [-0.2, 0) is 6.54 Å². The van der Waals surface area contributed by atoms with E-state index in [1.165, 1.54) is 6.42 Å². The summed E-state index contributed by atoms with van der Waals surface area (Å²) in [6, 6.07) is 0.284. The summed E-state index contributed by atoms with van der Waals surface area (Å²) in [5.74, 6) is 0.616. The summed E-state index contributed by atoms with van der Waals surface area (Å²) >= 11 is 0. The van der Waals surface area contributed by atoms with E-state index in [0.717, 1.165) is 31.0 Å². The molecule has 1 aliphatic heterocycles. The van der Waals surface area contributed by atoms with Crippen LogP contribution in [0.25, 0.3) is 0 Å². The summed E-state index contributed by atoms with van der Waals surface area (Å²) in [7, 11) is 0. The van der Waals surface area contributed by atoms with Crippen LogP contribution in [0.15, 0.2) is 4.63 Å². The van der Waals surface area contributed by atoms with Gasteiger partial charge in [0, 0.05) is 19.1 Å². The predicted octanol–water partition coefficient (Wildman–Crippen LogP) is 0.547. The van der Waals surface area contributed by atoms with Gasteiger partial charge in [-0.15, -0.1) is 0 Å². The fraction of sp³-hybridized carbons (Fsp3) is 0.800. The normalized spacial score (nSPS) is 24.6. The van der Waals surface area contributed by atoms with Crippen molar-refractivity contribution in [3.63, 3.8) is 0 Å². The highest BCUT2D eigenvalue weighted by Crippen LogP contribution is 2.20. The summed E-state index contributed by atoms with van der Waals surface area (Å²) < 4.78 is 4.68. The summed E-state index contributed by atoms with van der Waals surface area (Å²) in [6.45, 7) is 6.99. The first-order valence-corrected chi connectivity index (χ1v) is 5.43. The molecular weight excluding hydrogens is 192 g/mol. The Balaban J connectivity index is 1.90. The Hall–Kier alpha value is -0.940. The zero-order valence-electron chi connectivity index (χ0n) is 9.31. The lowest BCUT2D eigenvalue weighted by Gasteiger charge is -2.16. The predicted molar refractivity (Wildman–Crippen MR) is 56.1 cm³/mol. The van der Waals surface area contributed by atoms with Crippen molar-refractivity contribution in [1.29, 1.82) is 0 Å². The second-order valence-corrected chi connectivity index (χ2v) is 4.44. The average molecular weight is 210 g/mol. The molecule has 0 radical (unpaired) electrons. The molecular formula is C10H18N4O. The van der Waals surface area contributed by atoms with Crippen molar-refractivity contribution in [3.8, 4) is 0 Å². The van der Waals surface area contributed by atoms with E-state index in [2.05, 4.69) is 26.8 Å². The van der Waals surface area contributed by atoms with Gasteiger partial charge in [-0.25, -0.2) is 4.63 Å². The van der Waals surface area contributed by atoms with Crippen LogP contribution in [0.4, 0.5) is 0 Å². The van der Waals surface area contributed by atoms with Crippen molar-refractivity contribution < 1.29 is 4.63 Å². The van der Waals surface area contributed by atoms with E-state index in [9.17, 15) is 0 Å². The van der Waals surface area contributed by atoms with Crippen LogP contribution < -0.4 is 5.73 Å². The topological polar surface area (TPSA) is 68.2 Å². The Labute approximate surface area is 89.6 Å². The SMILES string of the molecule is Cc1nonc1CN1CCC(C(C)N)C1. The van der Waals surface area contributed by atoms with Gasteiger partial charge in [0.2, 0.25) is 0 Å². The monoisotopic (exact) mass is 210 g/mol. The zero-order valence-corrected chi connectivity index (χ0v) is 9.31. The van der Waals surface area contributed by atoms with Crippen LogP contribution in [0.2, 0.25) is 0 Å². The van der Waals surface area contributed by atoms with Crippen LogP contribution in [0, 0.1) is 12.8 Å². The number of rotatable bonds is 3.